The number of hydrogen-bond donors (Lipinski definition) is 1. The van der Waals surface area contributed by atoms with Crippen LogP contribution in [0.4, 0.5) is 10.1 Å². The molecule has 0 aliphatic carbocycles. The number of likely N-dealkylation sites (tertiary alicyclic amines) is 1. The summed E-state index contributed by atoms with van der Waals surface area (Å²) < 4.78 is 13.0. The summed E-state index contributed by atoms with van der Waals surface area (Å²) in [7, 11) is 0. The molecule has 4 heteroatoms. The van der Waals surface area contributed by atoms with Gasteiger partial charge in [-0.3, -0.25) is 4.79 Å². The molecule has 1 amide bonds. The third-order valence-corrected chi connectivity index (χ3v) is 2.96. The lowest BCUT2D eigenvalue weighted by molar-refractivity contribution is -0.124. The Labute approximate surface area is 107 Å². The van der Waals surface area contributed by atoms with Crippen molar-refractivity contribution in [2.75, 3.05) is 25.0 Å². The highest BCUT2D eigenvalue weighted by atomic mass is 19.1. The molecule has 1 aromatic rings. The summed E-state index contributed by atoms with van der Waals surface area (Å²) in [6, 6.07) is 5.98. The summed E-state index contributed by atoms with van der Waals surface area (Å²) in [6.45, 7) is 6.68. The highest BCUT2D eigenvalue weighted by Gasteiger charge is 2.32. The third kappa shape index (κ3) is 3.29. The first-order valence-corrected chi connectivity index (χ1v) is 6.12. The van der Waals surface area contributed by atoms with E-state index in [1.54, 1.807) is 12.1 Å². The Morgan fingerprint density at radius 1 is 1.44 bits per heavy atom. The van der Waals surface area contributed by atoms with Crippen LogP contribution in [0.5, 0.6) is 0 Å². The Bertz CT molecular complexity index is 428. The highest BCUT2D eigenvalue weighted by molar-refractivity contribution is 5.93. The lowest BCUT2D eigenvalue weighted by atomic mass is 9.97. The first kappa shape index (κ1) is 13.0. The minimum absolute atomic E-state index is 0.0209. The summed E-state index contributed by atoms with van der Waals surface area (Å²) >= 11 is 0. The average molecular weight is 249 g/mol. The normalized spacial score (nSPS) is 16.7. The van der Waals surface area contributed by atoms with Gasteiger partial charge >= 0.3 is 0 Å². The first-order valence-electron chi connectivity index (χ1n) is 6.12. The second-order valence-corrected chi connectivity index (χ2v) is 5.10. The van der Waals surface area contributed by atoms with Crippen LogP contribution >= 0.6 is 0 Å². The molecule has 1 fully saturated rings. The quantitative estimate of drug-likeness (QED) is 0.888. The Balaban J connectivity index is 1.80. The number of carbonyl (C=O) groups is 1. The summed E-state index contributed by atoms with van der Waals surface area (Å²) in [4.78, 5) is 14.1. The highest BCUT2D eigenvalue weighted by Crippen LogP contribution is 2.19. The lowest BCUT2D eigenvalue weighted by Gasteiger charge is -2.39. The van der Waals surface area contributed by atoms with Crippen LogP contribution in [-0.4, -0.2) is 30.4 Å². The molecule has 0 aromatic heterocycles. The summed E-state index contributed by atoms with van der Waals surface area (Å²) in [5, 5.41) is 2.75. The number of anilines is 1. The molecule has 1 aliphatic rings. The predicted molar refractivity (Wildman–Crippen MR) is 69.6 cm³/mol. The molecule has 2 rings (SSSR count). The maximum absolute atomic E-state index is 13.0. The number of rotatable bonds is 4. The van der Waals surface area contributed by atoms with Crippen molar-refractivity contribution < 1.29 is 9.18 Å². The molecule has 97 valence electrons. The van der Waals surface area contributed by atoms with Gasteiger partial charge in [0.15, 0.2) is 0 Å². The molecule has 0 saturated carbocycles. The molecule has 0 atom stereocenters. The number of nitrogens with one attached hydrogen (secondary N) is 1. The topological polar surface area (TPSA) is 32.3 Å². The van der Waals surface area contributed by atoms with Crippen molar-refractivity contribution in [2.45, 2.75) is 13.8 Å². The van der Waals surface area contributed by atoms with Gasteiger partial charge in [0.25, 0.3) is 0 Å². The number of halogens is 1. The zero-order chi connectivity index (χ0) is 13.1. The Morgan fingerprint density at radius 2 is 2.17 bits per heavy atom. The van der Waals surface area contributed by atoms with E-state index in [1.165, 1.54) is 18.1 Å². The number of amides is 1. The van der Waals surface area contributed by atoms with Crippen LogP contribution in [-0.2, 0) is 4.79 Å². The van der Waals surface area contributed by atoms with Crippen molar-refractivity contribution in [3.8, 4) is 0 Å². The molecule has 3 nitrogen and oxygen atoms in total. The molecule has 0 unspecified atom stereocenters. The fraction of sp³-hybridized carbons (Fsp3) is 0.429. The number of carbonyl (C=O) groups excluding carboxylic acids is 1. The Kier molecular flexibility index (Phi) is 3.97. The number of hydrogen-bond acceptors (Lipinski definition) is 2. The van der Waals surface area contributed by atoms with Gasteiger partial charge in [0.1, 0.15) is 5.82 Å². The van der Waals surface area contributed by atoms with Crippen LogP contribution in [0, 0.1) is 17.7 Å². The first-order chi connectivity index (χ1) is 8.54. The van der Waals surface area contributed by atoms with Crippen molar-refractivity contribution in [1.82, 2.24) is 4.90 Å². The Hall–Kier alpha value is -1.42. The molecule has 1 radical (unpaired) electrons. The van der Waals surface area contributed by atoms with Gasteiger partial charge < -0.3 is 10.2 Å². The molecular weight excluding hydrogens is 231 g/mol. The van der Waals surface area contributed by atoms with Gasteiger partial charge in [0.05, 0.1) is 5.92 Å². The predicted octanol–water partition coefficient (Wildman–Crippen LogP) is 2.31. The van der Waals surface area contributed by atoms with Crippen LogP contribution in [0.1, 0.15) is 13.8 Å². The largest absolute Gasteiger partial charge is 0.326 e. The van der Waals surface area contributed by atoms with Gasteiger partial charge in [-0.1, -0.05) is 19.9 Å². The molecule has 1 aromatic carbocycles. The van der Waals surface area contributed by atoms with E-state index in [0.29, 0.717) is 5.69 Å². The zero-order valence-electron chi connectivity index (χ0n) is 10.7. The molecule has 0 bridgehead atoms. The van der Waals surface area contributed by atoms with Crippen molar-refractivity contribution in [2.24, 2.45) is 5.92 Å². The van der Waals surface area contributed by atoms with Crippen molar-refractivity contribution in [3.05, 3.63) is 36.0 Å². The van der Waals surface area contributed by atoms with E-state index in [0.717, 1.165) is 19.6 Å². The maximum atomic E-state index is 13.0. The smallest absolute Gasteiger partial charge is 0.230 e. The van der Waals surface area contributed by atoms with Gasteiger partial charge in [0, 0.05) is 25.3 Å². The van der Waals surface area contributed by atoms with E-state index < -0.39 is 0 Å². The molecule has 1 saturated heterocycles. The summed E-state index contributed by atoms with van der Waals surface area (Å²) in [5.41, 5.74) is 0.525. The maximum Gasteiger partial charge on any atom is 0.230 e. The van der Waals surface area contributed by atoms with Crippen molar-refractivity contribution in [1.29, 1.82) is 0 Å². The molecular formula is C14H18FN2O. The van der Waals surface area contributed by atoms with E-state index in [-0.39, 0.29) is 17.6 Å². The Morgan fingerprint density at radius 3 is 2.78 bits per heavy atom. The molecule has 18 heavy (non-hydrogen) atoms. The fourth-order valence-electron chi connectivity index (χ4n) is 2.12. The molecule has 1 heterocycles. The van der Waals surface area contributed by atoms with Gasteiger partial charge in [0.2, 0.25) is 5.91 Å². The van der Waals surface area contributed by atoms with Gasteiger partial charge in [-0.15, -0.1) is 0 Å². The van der Waals surface area contributed by atoms with Crippen LogP contribution in [0.2, 0.25) is 0 Å². The number of nitrogens with zero attached hydrogens (tertiary/aromatic N) is 1. The second-order valence-electron chi connectivity index (χ2n) is 5.10. The van der Waals surface area contributed by atoms with E-state index in [4.69, 9.17) is 0 Å². The minimum Gasteiger partial charge on any atom is -0.326 e. The van der Waals surface area contributed by atoms with Crippen LogP contribution in [0.25, 0.3) is 0 Å². The monoisotopic (exact) mass is 249 g/mol. The van der Waals surface area contributed by atoms with Gasteiger partial charge in [-0.25, -0.2) is 4.39 Å². The molecule has 0 spiro atoms. The summed E-state index contributed by atoms with van der Waals surface area (Å²) in [6.07, 6.45) is 0. The van der Waals surface area contributed by atoms with Gasteiger partial charge in [-0.05, 0) is 24.1 Å². The molecule has 1 N–H and O–H groups in total. The van der Waals surface area contributed by atoms with Crippen molar-refractivity contribution >= 4 is 11.6 Å². The van der Waals surface area contributed by atoms with E-state index in [9.17, 15) is 9.18 Å². The van der Waals surface area contributed by atoms with Gasteiger partial charge in [-0.2, -0.15) is 0 Å². The second kappa shape index (κ2) is 5.48. The SMILES string of the molecule is C[C](C)CN1CC(C(=O)Nc2cccc(F)c2)C1. The minimum atomic E-state index is -0.334. The van der Waals surface area contributed by atoms with E-state index >= 15 is 0 Å². The standard InChI is InChI=1S/C14H18FN2O/c1-10(2)7-17-8-11(9-17)14(18)16-13-5-3-4-12(15)6-13/h3-6,11H,7-9H2,1-2H3,(H,16,18). The lowest BCUT2D eigenvalue weighted by Crippen LogP contribution is -2.52. The summed E-state index contributed by atoms with van der Waals surface area (Å²) in [5.74, 6) is 1.01. The third-order valence-electron chi connectivity index (χ3n) is 2.96. The van der Waals surface area contributed by atoms with Crippen molar-refractivity contribution in [3.63, 3.8) is 0 Å². The average Bonchev–Trinajstić information content (AvgIpc) is 2.22. The zero-order valence-corrected chi connectivity index (χ0v) is 10.7. The van der Waals surface area contributed by atoms with E-state index in [1.807, 2.05) is 0 Å². The van der Waals surface area contributed by atoms with Crippen LogP contribution in [0.3, 0.4) is 0 Å². The van der Waals surface area contributed by atoms with Crippen LogP contribution < -0.4 is 5.32 Å². The fourth-order valence-corrected chi connectivity index (χ4v) is 2.12. The number of benzene rings is 1. The van der Waals surface area contributed by atoms with E-state index in [2.05, 4.69) is 24.1 Å². The molecule has 1 aliphatic heterocycles. The van der Waals surface area contributed by atoms with Crippen LogP contribution in [0.15, 0.2) is 24.3 Å².